The molecule has 0 saturated carbocycles. The average Bonchev–Trinajstić information content (AvgIpc) is 2.68. The van der Waals surface area contributed by atoms with E-state index >= 15 is 0 Å². The van der Waals surface area contributed by atoms with E-state index in [0.29, 0.717) is 23.1 Å². The van der Waals surface area contributed by atoms with Gasteiger partial charge in [-0.25, -0.2) is 4.39 Å². The highest BCUT2D eigenvalue weighted by molar-refractivity contribution is 6.04. The molecule has 4 nitrogen and oxygen atoms in total. The van der Waals surface area contributed by atoms with Crippen LogP contribution in [0.1, 0.15) is 41.2 Å². The molecule has 1 aliphatic heterocycles. The van der Waals surface area contributed by atoms with E-state index in [1.54, 1.807) is 30.6 Å². The van der Waals surface area contributed by atoms with Crippen molar-refractivity contribution < 1.29 is 9.18 Å². The molecule has 126 valence electrons. The zero-order valence-corrected chi connectivity index (χ0v) is 13.7. The first-order valence-corrected chi connectivity index (χ1v) is 8.50. The van der Waals surface area contributed by atoms with Gasteiger partial charge in [0, 0.05) is 18.9 Å². The van der Waals surface area contributed by atoms with E-state index in [1.807, 2.05) is 17.0 Å². The summed E-state index contributed by atoms with van der Waals surface area (Å²) in [7, 11) is 0. The van der Waals surface area contributed by atoms with Gasteiger partial charge in [-0.1, -0.05) is 18.2 Å². The molecular weight excluding hydrogens is 317 g/mol. The van der Waals surface area contributed by atoms with Gasteiger partial charge in [-0.2, -0.15) is 0 Å². The Morgan fingerprint density at radius 2 is 1.84 bits per heavy atom. The molecule has 1 saturated heterocycles. The predicted molar refractivity (Wildman–Crippen MR) is 93.6 cm³/mol. The third-order valence-electron chi connectivity index (χ3n) is 4.75. The molecule has 2 heterocycles. The summed E-state index contributed by atoms with van der Waals surface area (Å²) in [6.45, 7) is 0.692. The number of hydrogen-bond donors (Lipinski definition) is 0. The Bertz CT molecular complexity index is 905. The molecule has 0 aliphatic carbocycles. The highest BCUT2D eigenvalue weighted by Gasteiger charge is 2.29. The number of hydrogen-bond acceptors (Lipinski definition) is 3. The second-order valence-electron chi connectivity index (χ2n) is 6.29. The van der Waals surface area contributed by atoms with Crippen molar-refractivity contribution in [1.82, 2.24) is 14.9 Å². The van der Waals surface area contributed by atoms with Gasteiger partial charge in [0.2, 0.25) is 0 Å². The van der Waals surface area contributed by atoms with Crippen LogP contribution in [0.25, 0.3) is 11.0 Å². The van der Waals surface area contributed by atoms with Crippen LogP contribution in [0.3, 0.4) is 0 Å². The molecule has 1 amide bonds. The van der Waals surface area contributed by atoms with E-state index in [-0.39, 0.29) is 17.8 Å². The number of benzene rings is 2. The SMILES string of the molecule is O=C(c1cccc2nccnc12)N1CCCC[C@H]1c1ccc(F)cc1. The van der Waals surface area contributed by atoms with Crippen molar-refractivity contribution in [3.05, 3.63) is 71.8 Å². The van der Waals surface area contributed by atoms with Crippen molar-refractivity contribution in [1.29, 1.82) is 0 Å². The largest absolute Gasteiger partial charge is 0.332 e. The highest BCUT2D eigenvalue weighted by atomic mass is 19.1. The van der Waals surface area contributed by atoms with Gasteiger partial charge in [0.1, 0.15) is 11.3 Å². The van der Waals surface area contributed by atoms with Crippen molar-refractivity contribution in [2.45, 2.75) is 25.3 Å². The number of fused-ring (bicyclic) bond motifs is 1. The Hall–Kier alpha value is -2.82. The molecule has 1 aliphatic rings. The molecule has 1 atom stereocenters. The lowest BCUT2D eigenvalue weighted by molar-refractivity contribution is 0.0613. The van der Waals surface area contributed by atoms with E-state index < -0.39 is 0 Å². The zero-order chi connectivity index (χ0) is 17.2. The Kier molecular flexibility index (Phi) is 4.14. The summed E-state index contributed by atoms with van der Waals surface area (Å²) in [6.07, 6.45) is 6.14. The molecule has 0 unspecified atom stereocenters. The van der Waals surface area contributed by atoms with Crippen LogP contribution in [0.4, 0.5) is 4.39 Å². The molecule has 1 aromatic heterocycles. The lowest BCUT2D eigenvalue weighted by Gasteiger charge is -2.36. The number of halogens is 1. The molecule has 2 aromatic carbocycles. The van der Waals surface area contributed by atoms with Crippen LogP contribution in [-0.2, 0) is 0 Å². The van der Waals surface area contributed by atoms with Gasteiger partial charge in [-0.3, -0.25) is 14.8 Å². The monoisotopic (exact) mass is 335 g/mol. The van der Waals surface area contributed by atoms with Crippen LogP contribution < -0.4 is 0 Å². The number of para-hydroxylation sites is 1. The maximum absolute atomic E-state index is 13.3. The van der Waals surface area contributed by atoms with E-state index in [4.69, 9.17) is 0 Å². The Balaban J connectivity index is 1.72. The number of carbonyl (C=O) groups is 1. The highest BCUT2D eigenvalue weighted by Crippen LogP contribution is 2.33. The molecule has 5 heteroatoms. The summed E-state index contributed by atoms with van der Waals surface area (Å²) in [6, 6.07) is 11.9. The summed E-state index contributed by atoms with van der Waals surface area (Å²) in [5.74, 6) is -0.304. The summed E-state index contributed by atoms with van der Waals surface area (Å²) < 4.78 is 13.3. The molecule has 4 rings (SSSR count). The summed E-state index contributed by atoms with van der Waals surface area (Å²) in [5.41, 5.74) is 2.88. The lowest BCUT2D eigenvalue weighted by Crippen LogP contribution is -2.38. The second-order valence-corrected chi connectivity index (χ2v) is 6.29. The quantitative estimate of drug-likeness (QED) is 0.707. The maximum atomic E-state index is 13.3. The number of piperidine rings is 1. The fourth-order valence-electron chi connectivity index (χ4n) is 3.53. The van der Waals surface area contributed by atoms with Gasteiger partial charge in [0.15, 0.2) is 0 Å². The summed E-state index contributed by atoms with van der Waals surface area (Å²) >= 11 is 0. The molecule has 0 radical (unpaired) electrons. The van der Waals surface area contributed by atoms with Crippen molar-refractivity contribution >= 4 is 16.9 Å². The number of rotatable bonds is 2. The normalized spacial score (nSPS) is 17.6. The molecule has 0 spiro atoms. The minimum atomic E-state index is -0.262. The van der Waals surface area contributed by atoms with Gasteiger partial charge in [0.25, 0.3) is 5.91 Å². The summed E-state index contributed by atoms with van der Waals surface area (Å²) in [5, 5.41) is 0. The number of nitrogens with zero attached hydrogens (tertiary/aromatic N) is 3. The van der Waals surface area contributed by atoms with Crippen LogP contribution in [0.2, 0.25) is 0 Å². The van der Waals surface area contributed by atoms with Crippen LogP contribution in [-0.4, -0.2) is 27.3 Å². The molecular formula is C20H18FN3O. The zero-order valence-electron chi connectivity index (χ0n) is 13.7. The summed E-state index contributed by atoms with van der Waals surface area (Å²) in [4.78, 5) is 23.8. The molecule has 1 fully saturated rings. The maximum Gasteiger partial charge on any atom is 0.256 e. The average molecular weight is 335 g/mol. The van der Waals surface area contributed by atoms with Crippen LogP contribution in [0, 0.1) is 5.82 Å². The lowest BCUT2D eigenvalue weighted by atomic mass is 9.94. The van der Waals surface area contributed by atoms with Crippen molar-refractivity contribution in [2.24, 2.45) is 0 Å². The minimum absolute atomic E-state index is 0.0335. The minimum Gasteiger partial charge on any atom is -0.332 e. The van der Waals surface area contributed by atoms with E-state index in [2.05, 4.69) is 9.97 Å². The van der Waals surface area contributed by atoms with Gasteiger partial charge in [-0.05, 0) is 49.1 Å². The topological polar surface area (TPSA) is 46.1 Å². The van der Waals surface area contributed by atoms with Crippen LogP contribution in [0.5, 0.6) is 0 Å². The van der Waals surface area contributed by atoms with Crippen molar-refractivity contribution in [3.63, 3.8) is 0 Å². The van der Waals surface area contributed by atoms with Crippen LogP contribution >= 0.6 is 0 Å². The van der Waals surface area contributed by atoms with Crippen molar-refractivity contribution in [2.75, 3.05) is 6.54 Å². The van der Waals surface area contributed by atoms with Crippen LogP contribution in [0.15, 0.2) is 54.9 Å². The van der Waals surface area contributed by atoms with Gasteiger partial charge < -0.3 is 4.90 Å². The van der Waals surface area contributed by atoms with Gasteiger partial charge in [-0.15, -0.1) is 0 Å². The molecule has 0 bridgehead atoms. The fraction of sp³-hybridized carbons (Fsp3) is 0.250. The first-order valence-electron chi connectivity index (χ1n) is 8.50. The molecule has 25 heavy (non-hydrogen) atoms. The first kappa shape index (κ1) is 15.7. The second kappa shape index (κ2) is 6.59. The van der Waals surface area contributed by atoms with Gasteiger partial charge >= 0.3 is 0 Å². The predicted octanol–water partition coefficient (Wildman–Crippen LogP) is 4.14. The molecule has 3 aromatic rings. The number of likely N-dealkylation sites (tertiary alicyclic amines) is 1. The smallest absolute Gasteiger partial charge is 0.256 e. The van der Waals surface area contributed by atoms with E-state index in [0.717, 1.165) is 24.8 Å². The third kappa shape index (κ3) is 2.97. The van der Waals surface area contributed by atoms with Gasteiger partial charge in [0.05, 0.1) is 17.1 Å². The van der Waals surface area contributed by atoms with E-state index in [9.17, 15) is 9.18 Å². The molecule has 0 N–H and O–H groups in total. The first-order chi connectivity index (χ1) is 12.2. The fourth-order valence-corrected chi connectivity index (χ4v) is 3.53. The van der Waals surface area contributed by atoms with E-state index in [1.165, 1.54) is 12.1 Å². The number of amides is 1. The van der Waals surface area contributed by atoms with Crippen molar-refractivity contribution in [3.8, 4) is 0 Å². The Morgan fingerprint density at radius 3 is 2.68 bits per heavy atom. The number of carbonyl (C=O) groups excluding carboxylic acids is 1. The third-order valence-corrected chi connectivity index (χ3v) is 4.75. The Morgan fingerprint density at radius 1 is 1.04 bits per heavy atom. The number of aromatic nitrogens is 2. The standard InChI is InChI=1S/C20H18FN3O/c21-15-9-7-14(8-10-15)18-6-1-2-13-24(18)20(25)16-4-3-5-17-19(16)23-12-11-22-17/h3-5,7-12,18H,1-2,6,13H2/t18-/m0/s1. The Labute approximate surface area is 145 Å².